The summed E-state index contributed by atoms with van der Waals surface area (Å²) in [6.07, 6.45) is 2.24. The van der Waals surface area contributed by atoms with E-state index in [1.54, 1.807) is 27.5 Å². The zero-order chi connectivity index (χ0) is 19.7. The summed E-state index contributed by atoms with van der Waals surface area (Å²) in [5.74, 6) is -0.441. The van der Waals surface area contributed by atoms with Crippen LogP contribution < -0.4 is 5.43 Å². The summed E-state index contributed by atoms with van der Waals surface area (Å²) in [4.78, 5) is 26.1. The van der Waals surface area contributed by atoms with E-state index in [1.165, 1.54) is 0 Å². The third kappa shape index (κ3) is 4.02. The quantitative estimate of drug-likeness (QED) is 0.828. The van der Waals surface area contributed by atoms with Gasteiger partial charge in [0.2, 0.25) is 5.91 Å². The maximum Gasteiger partial charge on any atom is 0.270 e. The number of amides is 2. The van der Waals surface area contributed by atoms with Gasteiger partial charge in [0.15, 0.2) is 0 Å². The van der Waals surface area contributed by atoms with Crippen LogP contribution in [0.3, 0.4) is 0 Å². The Balaban J connectivity index is 1.91. The van der Waals surface area contributed by atoms with Crippen LogP contribution in [0.2, 0.25) is 5.02 Å². The zero-order valence-electron chi connectivity index (χ0n) is 15.8. The van der Waals surface area contributed by atoms with E-state index in [9.17, 15) is 9.59 Å². The first-order valence-electron chi connectivity index (χ1n) is 8.58. The second kappa shape index (κ2) is 7.51. The maximum absolute atomic E-state index is 13.1. The third-order valence-electron chi connectivity index (χ3n) is 4.64. The number of halogens is 1. The molecule has 2 aromatic heterocycles. The van der Waals surface area contributed by atoms with Gasteiger partial charge in [0, 0.05) is 44.4 Å². The lowest BCUT2D eigenvalue weighted by Gasteiger charge is -2.24. The topological polar surface area (TPSA) is 97.4 Å². The molecule has 9 nitrogen and oxygen atoms in total. The molecular formula is C17H22ClN7O2. The van der Waals surface area contributed by atoms with Gasteiger partial charge < -0.3 is 4.90 Å². The average Bonchev–Trinajstić information content (AvgIpc) is 3.06. The summed E-state index contributed by atoms with van der Waals surface area (Å²) < 4.78 is 3.40. The number of nitrogens with one attached hydrogen (secondary N) is 1. The Kier molecular flexibility index (Phi) is 5.31. The van der Waals surface area contributed by atoms with Crippen LogP contribution in [0.15, 0.2) is 11.3 Å². The summed E-state index contributed by atoms with van der Waals surface area (Å²) in [6, 6.07) is 0. The van der Waals surface area contributed by atoms with Gasteiger partial charge in [0.1, 0.15) is 11.4 Å². The van der Waals surface area contributed by atoms with Gasteiger partial charge in [-0.25, -0.2) is 5.43 Å². The first kappa shape index (κ1) is 19.1. The first-order chi connectivity index (χ1) is 12.8. The largest absolute Gasteiger partial charge is 0.327 e. The maximum atomic E-state index is 13.1. The predicted octanol–water partition coefficient (Wildman–Crippen LogP) is 1.22. The summed E-state index contributed by atoms with van der Waals surface area (Å²) in [6.45, 7) is 4.46. The van der Waals surface area contributed by atoms with Gasteiger partial charge in [-0.05, 0) is 13.8 Å². The highest BCUT2D eigenvalue weighted by Gasteiger charge is 2.27. The third-order valence-corrected chi connectivity index (χ3v) is 4.96. The lowest BCUT2D eigenvalue weighted by molar-refractivity contribution is -0.125. The molecule has 0 unspecified atom stereocenters. The smallest absolute Gasteiger partial charge is 0.270 e. The number of hydrogen-bond donors (Lipinski definition) is 1. The minimum atomic E-state index is -0.251. The molecule has 0 aromatic carbocycles. The van der Waals surface area contributed by atoms with Crippen molar-refractivity contribution in [3.63, 3.8) is 0 Å². The molecule has 27 heavy (non-hydrogen) atoms. The van der Waals surface area contributed by atoms with Crippen molar-refractivity contribution in [2.24, 2.45) is 19.2 Å². The molecule has 2 amide bonds. The van der Waals surface area contributed by atoms with E-state index >= 15 is 0 Å². The van der Waals surface area contributed by atoms with Gasteiger partial charge in [-0.3, -0.25) is 19.0 Å². The molecule has 0 atom stereocenters. The van der Waals surface area contributed by atoms with E-state index in [-0.39, 0.29) is 24.8 Å². The monoisotopic (exact) mass is 391 g/mol. The Morgan fingerprint density at radius 2 is 2.00 bits per heavy atom. The number of carbonyl (C=O) groups is 2. The highest BCUT2D eigenvalue weighted by Crippen LogP contribution is 2.21. The SMILES string of the molecule is Cc1nn(C)c(C)c1CN(Cc1nn(C)cc1Cl)C(=O)C1=NNC(=O)CC1. The van der Waals surface area contributed by atoms with Crippen molar-refractivity contribution in [1.29, 1.82) is 0 Å². The van der Waals surface area contributed by atoms with E-state index in [0.717, 1.165) is 17.0 Å². The summed E-state index contributed by atoms with van der Waals surface area (Å²) in [5.41, 5.74) is 6.11. The van der Waals surface area contributed by atoms with E-state index < -0.39 is 0 Å². The molecule has 2 aromatic rings. The minimum Gasteiger partial charge on any atom is -0.327 e. The molecule has 3 rings (SSSR count). The van der Waals surface area contributed by atoms with Crippen LogP contribution >= 0.6 is 11.6 Å². The van der Waals surface area contributed by atoms with Gasteiger partial charge in [0.05, 0.1) is 23.8 Å². The van der Waals surface area contributed by atoms with Crippen molar-refractivity contribution in [1.82, 2.24) is 29.9 Å². The summed E-state index contributed by atoms with van der Waals surface area (Å²) >= 11 is 6.24. The first-order valence-corrected chi connectivity index (χ1v) is 8.95. The highest BCUT2D eigenvalue weighted by molar-refractivity contribution is 6.39. The van der Waals surface area contributed by atoms with Gasteiger partial charge in [-0.1, -0.05) is 11.6 Å². The normalized spacial score (nSPS) is 14.1. The molecule has 0 fully saturated rings. The van der Waals surface area contributed by atoms with E-state index in [2.05, 4.69) is 20.7 Å². The minimum absolute atomic E-state index is 0.190. The van der Waals surface area contributed by atoms with Crippen LogP contribution in [0, 0.1) is 13.8 Å². The molecular weight excluding hydrogens is 370 g/mol. The zero-order valence-corrected chi connectivity index (χ0v) is 16.5. The van der Waals surface area contributed by atoms with Crippen LogP contribution in [-0.4, -0.2) is 42.0 Å². The number of aromatic nitrogens is 4. The lowest BCUT2D eigenvalue weighted by Crippen LogP contribution is -2.39. The van der Waals surface area contributed by atoms with E-state index in [4.69, 9.17) is 11.6 Å². The Labute approximate surface area is 162 Å². The van der Waals surface area contributed by atoms with Crippen molar-refractivity contribution in [2.75, 3.05) is 0 Å². The molecule has 3 heterocycles. The van der Waals surface area contributed by atoms with Crippen LogP contribution in [-0.2, 0) is 36.8 Å². The van der Waals surface area contributed by atoms with Crippen LogP contribution in [0.5, 0.6) is 0 Å². The van der Waals surface area contributed by atoms with Crippen molar-refractivity contribution in [3.05, 3.63) is 33.9 Å². The predicted molar refractivity (Wildman–Crippen MR) is 100.0 cm³/mol. The molecule has 0 aliphatic carbocycles. The molecule has 1 N–H and O–H groups in total. The van der Waals surface area contributed by atoms with Gasteiger partial charge in [0.25, 0.3) is 5.91 Å². The van der Waals surface area contributed by atoms with Crippen molar-refractivity contribution < 1.29 is 9.59 Å². The number of hydrazone groups is 1. The summed E-state index contributed by atoms with van der Waals surface area (Å²) in [5, 5.41) is 13.2. The van der Waals surface area contributed by atoms with E-state index in [0.29, 0.717) is 29.4 Å². The van der Waals surface area contributed by atoms with Gasteiger partial charge in [-0.2, -0.15) is 15.3 Å². The lowest BCUT2D eigenvalue weighted by atomic mass is 10.1. The highest BCUT2D eigenvalue weighted by atomic mass is 35.5. The molecule has 0 radical (unpaired) electrons. The second-order valence-electron chi connectivity index (χ2n) is 6.63. The number of aryl methyl sites for hydroxylation is 3. The van der Waals surface area contributed by atoms with Crippen molar-refractivity contribution in [3.8, 4) is 0 Å². The molecule has 10 heteroatoms. The molecule has 0 bridgehead atoms. The fraction of sp³-hybridized carbons (Fsp3) is 0.471. The number of hydrogen-bond acceptors (Lipinski definition) is 5. The fourth-order valence-electron chi connectivity index (χ4n) is 3.04. The van der Waals surface area contributed by atoms with Crippen LogP contribution in [0.4, 0.5) is 0 Å². The number of rotatable bonds is 5. The average molecular weight is 392 g/mol. The van der Waals surface area contributed by atoms with Crippen LogP contribution in [0.1, 0.15) is 35.5 Å². The molecule has 0 spiro atoms. The summed E-state index contributed by atoms with van der Waals surface area (Å²) in [7, 11) is 3.64. The molecule has 0 saturated heterocycles. The number of nitrogens with zero attached hydrogens (tertiary/aromatic N) is 6. The van der Waals surface area contributed by atoms with Crippen molar-refractivity contribution in [2.45, 2.75) is 39.8 Å². The van der Waals surface area contributed by atoms with Gasteiger partial charge >= 0.3 is 0 Å². The van der Waals surface area contributed by atoms with Crippen molar-refractivity contribution >= 4 is 29.1 Å². The molecule has 1 aliphatic rings. The Hall–Kier alpha value is -2.68. The Bertz CT molecular complexity index is 928. The van der Waals surface area contributed by atoms with Crippen LogP contribution in [0.25, 0.3) is 0 Å². The Morgan fingerprint density at radius 1 is 1.26 bits per heavy atom. The molecule has 1 aliphatic heterocycles. The number of carbonyl (C=O) groups excluding carboxylic acids is 2. The standard InChI is InChI=1S/C17H22ClN7O2/c1-10-12(11(2)24(4)21-10)7-25(9-15-13(18)8-23(3)22-15)17(27)14-5-6-16(26)20-19-14/h8H,5-7,9H2,1-4H3,(H,20,26). The second-order valence-corrected chi connectivity index (χ2v) is 7.03. The van der Waals surface area contributed by atoms with Gasteiger partial charge in [-0.15, -0.1) is 0 Å². The van der Waals surface area contributed by atoms with E-state index in [1.807, 2.05) is 20.9 Å². The fourth-order valence-corrected chi connectivity index (χ4v) is 3.28. The Morgan fingerprint density at radius 3 is 2.52 bits per heavy atom. The molecule has 144 valence electrons. The molecule has 0 saturated carbocycles.